The van der Waals surface area contributed by atoms with Gasteiger partial charge in [-0.25, -0.2) is 9.78 Å². The van der Waals surface area contributed by atoms with Crippen molar-refractivity contribution in [2.45, 2.75) is 50.4 Å². The highest BCUT2D eigenvalue weighted by atomic mass is 19.4. The van der Waals surface area contributed by atoms with E-state index in [0.29, 0.717) is 30.4 Å². The average Bonchev–Trinajstić information content (AvgIpc) is 2.74. The van der Waals surface area contributed by atoms with Gasteiger partial charge in [-0.1, -0.05) is 19.3 Å². The predicted molar refractivity (Wildman–Crippen MR) is 120 cm³/mol. The van der Waals surface area contributed by atoms with Crippen molar-refractivity contribution >= 4 is 23.8 Å². The van der Waals surface area contributed by atoms with E-state index in [1.54, 1.807) is 0 Å². The molecule has 0 atom stereocenters. The van der Waals surface area contributed by atoms with Gasteiger partial charge in [0.25, 0.3) is 5.56 Å². The van der Waals surface area contributed by atoms with E-state index in [-0.39, 0.29) is 23.3 Å². The van der Waals surface area contributed by atoms with Crippen LogP contribution in [0, 0.1) is 5.41 Å². The first kappa shape index (κ1) is 23.6. The summed E-state index contributed by atoms with van der Waals surface area (Å²) in [6.45, 7) is 0.633. The lowest BCUT2D eigenvalue weighted by Gasteiger charge is -2.38. The number of hydrogen-bond donors (Lipinski definition) is 4. The molecule has 0 radical (unpaired) electrons. The molecule has 0 unspecified atom stereocenters. The van der Waals surface area contributed by atoms with Crippen LogP contribution in [-0.4, -0.2) is 52.6 Å². The molecule has 1 aliphatic carbocycles. The lowest BCUT2D eigenvalue weighted by atomic mass is 9.95. The van der Waals surface area contributed by atoms with Gasteiger partial charge in [0.05, 0.1) is 11.5 Å². The number of ether oxygens (including phenoxy) is 1. The molecule has 34 heavy (non-hydrogen) atoms. The van der Waals surface area contributed by atoms with Crippen molar-refractivity contribution in [2.24, 2.45) is 0 Å². The normalized spacial score (nSPS) is 17.1. The monoisotopic (exact) mass is 478 g/mol. The highest BCUT2D eigenvalue weighted by molar-refractivity contribution is 5.90. The van der Waals surface area contributed by atoms with Crippen molar-refractivity contribution in [1.82, 2.24) is 14.9 Å². The number of carbonyl (C=O) groups excluding carboxylic acids is 1. The molecule has 2 heterocycles. The van der Waals surface area contributed by atoms with Crippen molar-refractivity contribution in [1.29, 1.82) is 5.41 Å². The van der Waals surface area contributed by atoms with Crippen molar-refractivity contribution in [2.75, 3.05) is 23.7 Å². The molecule has 9 nitrogen and oxygen atoms in total. The van der Waals surface area contributed by atoms with E-state index in [4.69, 9.17) is 5.41 Å². The van der Waals surface area contributed by atoms with Crippen LogP contribution in [-0.2, 0) is 0 Å². The summed E-state index contributed by atoms with van der Waals surface area (Å²) in [6.07, 6.45) is 1.59. The Balaban J connectivity index is 1.36. The fraction of sp³-hybridized carbons (Fsp3) is 0.455. The molecular formula is C22H25F3N6O3. The lowest BCUT2D eigenvalue weighted by molar-refractivity contribution is -0.274. The topological polar surface area (TPSA) is 123 Å². The molecule has 1 aromatic heterocycles. The Bertz CT molecular complexity index is 1090. The zero-order valence-corrected chi connectivity index (χ0v) is 18.2. The van der Waals surface area contributed by atoms with Gasteiger partial charge in [-0.2, -0.15) is 0 Å². The van der Waals surface area contributed by atoms with E-state index in [1.165, 1.54) is 23.5 Å². The van der Waals surface area contributed by atoms with Crippen LogP contribution in [0.15, 0.2) is 29.1 Å². The van der Waals surface area contributed by atoms with Crippen molar-refractivity contribution in [3.63, 3.8) is 0 Å². The van der Waals surface area contributed by atoms with Crippen LogP contribution in [0.25, 0.3) is 0 Å². The Hall–Kier alpha value is -3.57. The van der Waals surface area contributed by atoms with E-state index >= 15 is 0 Å². The van der Waals surface area contributed by atoms with Crippen LogP contribution in [0.4, 0.5) is 29.5 Å². The van der Waals surface area contributed by atoms with Crippen LogP contribution in [0.1, 0.15) is 49.4 Å². The van der Waals surface area contributed by atoms with Gasteiger partial charge in [0, 0.05) is 31.0 Å². The first-order valence-corrected chi connectivity index (χ1v) is 11.0. The molecule has 2 aromatic rings. The Labute approximate surface area is 193 Å². The number of H-pyrrole nitrogens is 1. The molecule has 1 saturated heterocycles. The van der Waals surface area contributed by atoms with E-state index < -0.39 is 18.0 Å². The second kappa shape index (κ2) is 9.74. The maximum atomic E-state index is 12.5. The Morgan fingerprint density at radius 1 is 1.18 bits per heavy atom. The number of aromatic amines is 1. The maximum absolute atomic E-state index is 12.5. The average molecular weight is 478 g/mol. The predicted octanol–water partition coefficient (Wildman–Crippen LogP) is 4.04. The zero-order valence-electron chi connectivity index (χ0n) is 18.2. The fourth-order valence-electron chi connectivity index (χ4n) is 4.14. The molecule has 1 aliphatic heterocycles. The fourth-order valence-corrected chi connectivity index (χ4v) is 4.14. The highest BCUT2D eigenvalue weighted by Crippen LogP contribution is 2.28. The van der Waals surface area contributed by atoms with E-state index in [1.807, 2.05) is 0 Å². The number of anilines is 2. The molecule has 182 valence electrons. The number of likely N-dealkylation sites (tertiary alicyclic amines) is 1. The molecule has 12 heteroatoms. The number of hydrogen-bond acceptors (Lipinski definition) is 6. The molecule has 1 saturated carbocycles. The largest absolute Gasteiger partial charge is 0.573 e. The number of carbonyl (C=O) groups is 1. The number of aromatic nitrogens is 2. The Morgan fingerprint density at radius 2 is 1.85 bits per heavy atom. The molecule has 0 spiro atoms. The number of urea groups is 1. The summed E-state index contributed by atoms with van der Waals surface area (Å²) < 4.78 is 40.6. The van der Waals surface area contributed by atoms with Gasteiger partial charge in [0.2, 0.25) is 0 Å². The minimum Gasteiger partial charge on any atom is -0.406 e. The Morgan fingerprint density at radius 3 is 2.47 bits per heavy atom. The molecular weight excluding hydrogens is 453 g/mol. The smallest absolute Gasteiger partial charge is 0.406 e. The van der Waals surface area contributed by atoms with Gasteiger partial charge in [0.15, 0.2) is 0 Å². The molecule has 2 aliphatic rings. The second-order valence-corrected chi connectivity index (χ2v) is 8.44. The van der Waals surface area contributed by atoms with E-state index in [2.05, 4.69) is 25.3 Å². The number of nitrogens with one attached hydrogen (secondary N) is 4. The third-order valence-electron chi connectivity index (χ3n) is 5.96. The van der Waals surface area contributed by atoms with Gasteiger partial charge in [-0.3, -0.25) is 4.79 Å². The quantitative estimate of drug-likeness (QED) is 0.467. The first-order valence-electron chi connectivity index (χ1n) is 11.0. The van der Waals surface area contributed by atoms with Gasteiger partial charge >= 0.3 is 12.4 Å². The summed E-state index contributed by atoms with van der Waals surface area (Å²) in [6, 6.07) is 4.65. The number of alkyl halides is 3. The summed E-state index contributed by atoms with van der Waals surface area (Å²) in [4.78, 5) is 33.7. The summed E-state index contributed by atoms with van der Waals surface area (Å²) >= 11 is 0. The third kappa shape index (κ3) is 5.67. The summed E-state index contributed by atoms with van der Waals surface area (Å²) in [7, 11) is 0. The van der Waals surface area contributed by atoms with Crippen molar-refractivity contribution in [3.05, 3.63) is 46.0 Å². The molecule has 4 N–H and O–H groups in total. The maximum Gasteiger partial charge on any atom is 0.573 e. The van der Waals surface area contributed by atoms with Gasteiger partial charge in [0.1, 0.15) is 17.4 Å². The second-order valence-electron chi connectivity index (χ2n) is 8.44. The lowest BCUT2D eigenvalue weighted by Crippen LogP contribution is -2.51. The summed E-state index contributed by atoms with van der Waals surface area (Å²) in [5.41, 5.74) is 0.104. The van der Waals surface area contributed by atoms with Gasteiger partial charge in [-0.05, 0) is 37.1 Å². The molecule has 2 fully saturated rings. The van der Waals surface area contributed by atoms with E-state index in [9.17, 15) is 22.8 Å². The standard InChI is InChI=1S/C22H25F3N6O3/c23-22(24,25)34-16-8-6-15(7-9-16)28-21(33)31-11-13(12-31)18-29-19(17(10-26)20(32)30-18)27-14-4-2-1-3-5-14/h6-10,13-14,26H,1-5,11-12H2,(H,28,33)(H2,27,29,30,32). The van der Waals surface area contributed by atoms with Crippen LogP contribution in [0.5, 0.6) is 5.75 Å². The number of benzene rings is 1. The van der Waals surface area contributed by atoms with Crippen LogP contribution in [0.2, 0.25) is 0 Å². The molecule has 1 aromatic carbocycles. The van der Waals surface area contributed by atoms with Gasteiger partial charge < -0.3 is 30.7 Å². The number of amides is 2. The highest BCUT2D eigenvalue weighted by Gasteiger charge is 2.34. The number of rotatable bonds is 6. The van der Waals surface area contributed by atoms with Crippen LogP contribution < -0.4 is 20.9 Å². The van der Waals surface area contributed by atoms with E-state index in [0.717, 1.165) is 44.0 Å². The molecule has 0 bridgehead atoms. The zero-order chi connectivity index (χ0) is 24.3. The van der Waals surface area contributed by atoms with Crippen molar-refractivity contribution < 1.29 is 22.7 Å². The van der Waals surface area contributed by atoms with Crippen LogP contribution in [0.3, 0.4) is 0 Å². The molecule has 4 rings (SSSR count). The van der Waals surface area contributed by atoms with Crippen LogP contribution >= 0.6 is 0 Å². The first-order chi connectivity index (χ1) is 16.2. The Kier molecular flexibility index (Phi) is 6.75. The van der Waals surface area contributed by atoms with Gasteiger partial charge in [-0.15, -0.1) is 13.2 Å². The number of nitrogens with zero attached hydrogens (tertiary/aromatic N) is 2. The summed E-state index contributed by atoms with van der Waals surface area (Å²) in [5, 5.41) is 13.5. The third-order valence-corrected chi connectivity index (χ3v) is 5.96. The minimum absolute atomic E-state index is 0.173. The SMILES string of the molecule is N=Cc1c(NC2CCCCC2)nc(C2CN(C(=O)Nc3ccc(OC(F)(F)F)cc3)C2)[nH]c1=O. The van der Waals surface area contributed by atoms with Crippen molar-refractivity contribution in [3.8, 4) is 5.75 Å². The minimum atomic E-state index is -4.78. The number of halogens is 3. The molecule has 2 amide bonds. The summed E-state index contributed by atoms with van der Waals surface area (Å²) in [5.74, 6) is 0.291.